The minimum atomic E-state index is -3.79. The maximum atomic E-state index is 12.1. The first-order chi connectivity index (χ1) is 10.1. The minimum absolute atomic E-state index is 0.0589. The summed E-state index contributed by atoms with van der Waals surface area (Å²) in [4.78, 5) is 6.20. The molecule has 1 heterocycles. The normalized spacial score (nSPS) is 10.6. The number of aliphatic hydroxyl groups excluding tert-OH is 1. The maximum Gasteiger partial charge on any atom is 0.279 e. The third-order valence-corrected chi connectivity index (χ3v) is 3.81. The molecule has 7 nitrogen and oxygen atoms in total. The first-order valence-electron chi connectivity index (χ1n) is 5.86. The van der Waals surface area contributed by atoms with Gasteiger partial charge in [0, 0.05) is 5.56 Å². The molecule has 0 atom stereocenters. The molecule has 21 heavy (non-hydrogen) atoms. The monoisotopic (exact) mass is 307 g/mol. The van der Waals surface area contributed by atoms with Gasteiger partial charge in [0.15, 0.2) is 5.03 Å². The van der Waals surface area contributed by atoms with Crippen LogP contribution in [0.2, 0.25) is 0 Å². The van der Waals surface area contributed by atoms with Crippen LogP contribution in [0.5, 0.6) is 5.75 Å². The second kappa shape index (κ2) is 6.30. The molecular weight excluding hydrogens is 294 g/mol. The predicted octanol–water partition coefficient (Wildman–Crippen LogP) is 0.563. The van der Waals surface area contributed by atoms with Crippen LogP contribution in [-0.2, 0) is 10.0 Å². The first kappa shape index (κ1) is 14.9. The van der Waals surface area contributed by atoms with Crippen LogP contribution < -0.4 is 9.46 Å². The topological polar surface area (TPSA) is 104 Å². The van der Waals surface area contributed by atoms with Crippen LogP contribution in [0.3, 0.4) is 0 Å². The highest BCUT2D eigenvalue weighted by Crippen LogP contribution is 2.27. The van der Waals surface area contributed by atoms with Gasteiger partial charge in [0.2, 0.25) is 0 Å². The molecule has 3 N–H and O–H groups in total. The Morgan fingerprint density at radius 3 is 2.90 bits per heavy atom. The van der Waals surface area contributed by atoms with E-state index in [1.807, 2.05) is 0 Å². The second-order valence-electron chi connectivity index (χ2n) is 3.90. The number of hydrogen-bond acceptors (Lipinski definition) is 5. The van der Waals surface area contributed by atoms with Crippen molar-refractivity contribution >= 4 is 15.7 Å². The van der Waals surface area contributed by atoms with Crippen molar-refractivity contribution in [2.24, 2.45) is 0 Å². The number of aliphatic hydroxyl groups is 1. The molecule has 0 aliphatic rings. The van der Waals surface area contributed by atoms with Crippen molar-refractivity contribution in [3.05, 3.63) is 36.3 Å². The van der Waals surface area contributed by atoms with Gasteiger partial charge in [0.05, 0.1) is 25.3 Å². The highest BCUT2D eigenvalue weighted by Gasteiger charge is 2.18. The number of hydrogen-bond donors (Lipinski definition) is 3. The van der Waals surface area contributed by atoms with Gasteiger partial charge in [0.1, 0.15) is 12.4 Å². The van der Waals surface area contributed by atoms with Gasteiger partial charge in [-0.25, -0.2) is 4.98 Å². The summed E-state index contributed by atoms with van der Waals surface area (Å²) < 4.78 is 31.8. The van der Waals surface area contributed by atoms with E-state index in [0.717, 1.165) is 0 Å². The van der Waals surface area contributed by atoms with Crippen molar-refractivity contribution in [1.29, 1.82) is 0 Å². The van der Waals surface area contributed by atoms with Crippen LogP contribution in [0.4, 0.5) is 5.69 Å². The fourth-order valence-electron chi connectivity index (χ4n) is 1.60. The summed E-state index contributed by atoms with van der Waals surface area (Å²) in [6, 6.07) is 4.77. The highest BCUT2D eigenvalue weighted by atomic mass is 32.2. The Morgan fingerprint density at radius 2 is 2.29 bits per heavy atom. The number of benzene rings is 1. The van der Waals surface area contributed by atoms with Gasteiger partial charge in [0.25, 0.3) is 10.0 Å². The number of nitrogens with zero attached hydrogens (tertiary/aromatic N) is 1. The van der Waals surface area contributed by atoms with Gasteiger partial charge < -0.3 is 14.8 Å². The lowest BCUT2D eigenvalue weighted by molar-refractivity contribution is 0.350. The lowest BCUT2D eigenvalue weighted by Gasteiger charge is -2.11. The zero-order valence-corrected chi connectivity index (χ0v) is 11.9. The number of H-pyrrole nitrogens is 1. The fourth-order valence-corrected chi connectivity index (χ4v) is 2.56. The molecule has 1 aromatic carbocycles. The Morgan fingerprint density at radius 1 is 1.48 bits per heavy atom. The van der Waals surface area contributed by atoms with Crippen molar-refractivity contribution in [2.45, 2.75) is 5.03 Å². The van der Waals surface area contributed by atoms with E-state index in [2.05, 4.69) is 26.5 Å². The zero-order chi connectivity index (χ0) is 15.3. The van der Waals surface area contributed by atoms with Gasteiger partial charge in [-0.2, -0.15) is 8.42 Å². The van der Waals surface area contributed by atoms with E-state index in [9.17, 15) is 8.42 Å². The fraction of sp³-hybridized carbons (Fsp3) is 0.154. The summed E-state index contributed by atoms with van der Waals surface area (Å²) in [5.41, 5.74) is 0.795. The van der Waals surface area contributed by atoms with Crippen LogP contribution in [-0.4, -0.2) is 37.2 Å². The molecule has 110 valence electrons. The largest absolute Gasteiger partial charge is 0.495 e. The average Bonchev–Trinajstić information content (AvgIpc) is 3.00. The standard InChI is InChI=1S/C13H13N3O4S/c1-20-12-5-4-10(3-2-6-17)7-11(12)16-21(18,19)13-8-14-9-15-13/h4-5,7-9,16-17H,6H2,1H3,(H,14,15). The lowest BCUT2D eigenvalue weighted by Crippen LogP contribution is -2.14. The van der Waals surface area contributed by atoms with Crippen LogP contribution in [0, 0.1) is 11.8 Å². The summed E-state index contributed by atoms with van der Waals surface area (Å²) in [6.45, 7) is -0.277. The first-order valence-corrected chi connectivity index (χ1v) is 7.34. The summed E-state index contributed by atoms with van der Waals surface area (Å²) in [5, 5.41) is 8.63. The van der Waals surface area contributed by atoms with Crippen LogP contribution >= 0.6 is 0 Å². The maximum absolute atomic E-state index is 12.1. The summed E-state index contributed by atoms with van der Waals surface area (Å²) in [5.74, 6) is 5.54. The smallest absolute Gasteiger partial charge is 0.279 e. The average molecular weight is 307 g/mol. The number of methoxy groups -OCH3 is 1. The molecule has 0 radical (unpaired) electrons. The van der Waals surface area contributed by atoms with Crippen LogP contribution in [0.15, 0.2) is 35.7 Å². The molecule has 1 aromatic heterocycles. The Labute approximate surface area is 122 Å². The molecule has 0 aliphatic heterocycles. The molecular formula is C13H13N3O4S. The summed E-state index contributed by atoms with van der Waals surface area (Å²) >= 11 is 0. The summed E-state index contributed by atoms with van der Waals surface area (Å²) in [7, 11) is -2.35. The second-order valence-corrected chi connectivity index (χ2v) is 5.55. The summed E-state index contributed by atoms with van der Waals surface area (Å²) in [6.07, 6.45) is 2.47. The van der Waals surface area contributed by atoms with Crippen molar-refractivity contribution in [2.75, 3.05) is 18.4 Å². The zero-order valence-electron chi connectivity index (χ0n) is 11.1. The number of aromatic nitrogens is 2. The van der Waals surface area contributed by atoms with E-state index in [0.29, 0.717) is 11.3 Å². The molecule has 2 aromatic rings. The number of rotatable bonds is 4. The van der Waals surface area contributed by atoms with Crippen LogP contribution in [0.1, 0.15) is 5.56 Å². The quantitative estimate of drug-likeness (QED) is 0.716. The third-order valence-electron chi connectivity index (χ3n) is 2.52. The Kier molecular flexibility index (Phi) is 4.47. The van der Waals surface area contributed by atoms with E-state index in [1.165, 1.54) is 25.7 Å². The van der Waals surface area contributed by atoms with E-state index < -0.39 is 10.0 Å². The minimum Gasteiger partial charge on any atom is -0.495 e. The SMILES string of the molecule is COc1ccc(C#CCO)cc1NS(=O)(=O)c1cnc[nH]1. The number of ether oxygens (including phenoxy) is 1. The van der Waals surface area contributed by atoms with Crippen molar-refractivity contribution in [3.63, 3.8) is 0 Å². The van der Waals surface area contributed by atoms with Gasteiger partial charge in [-0.1, -0.05) is 11.8 Å². The number of sulfonamides is 1. The Bertz CT molecular complexity index is 773. The van der Waals surface area contributed by atoms with E-state index in [-0.39, 0.29) is 17.3 Å². The van der Waals surface area contributed by atoms with E-state index in [1.54, 1.807) is 12.1 Å². The van der Waals surface area contributed by atoms with Crippen LogP contribution in [0.25, 0.3) is 0 Å². The number of nitrogens with one attached hydrogen (secondary N) is 2. The van der Waals surface area contributed by atoms with Gasteiger partial charge in [-0.15, -0.1) is 0 Å². The lowest BCUT2D eigenvalue weighted by atomic mass is 10.2. The molecule has 8 heteroatoms. The van der Waals surface area contributed by atoms with Crippen molar-refractivity contribution < 1.29 is 18.3 Å². The number of imidazole rings is 1. The Balaban J connectivity index is 2.38. The van der Waals surface area contributed by atoms with E-state index in [4.69, 9.17) is 9.84 Å². The molecule has 0 bridgehead atoms. The van der Waals surface area contributed by atoms with E-state index >= 15 is 0 Å². The molecule has 0 saturated carbocycles. The van der Waals surface area contributed by atoms with Gasteiger partial charge in [-0.3, -0.25) is 4.72 Å². The van der Waals surface area contributed by atoms with Crippen molar-refractivity contribution in [1.82, 2.24) is 9.97 Å². The number of aromatic amines is 1. The predicted molar refractivity (Wildman–Crippen MR) is 76.4 cm³/mol. The molecule has 0 aliphatic carbocycles. The molecule has 0 unspecified atom stereocenters. The molecule has 2 rings (SSSR count). The van der Waals surface area contributed by atoms with Gasteiger partial charge >= 0.3 is 0 Å². The highest BCUT2D eigenvalue weighted by molar-refractivity contribution is 7.92. The molecule has 0 amide bonds. The molecule has 0 saturated heterocycles. The van der Waals surface area contributed by atoms with Crippen molar-refractivity contribution in [3.8, 4) is 17.6 Å². The van der Waals surface area contributed by atoms with Gasteiger partial charge in [-0.05, 0) is 18.2 Å². The molecule has 0 spiro atoms. The Hall–Kier alpha value is -2.50. The molecule has 0 fully saturated rings. The third kappa shape index (κ3) is 3.53. The number of anilines is 1.